The Morgan fingerprint density at radius 2 is 1.06 bits per heavy atom. The Morgan fingerprint density at radius 1 is 0.452 bits per heavy atom. The first-order valence-corrected chi connectivity index (χ1v) is 10.5. The molecule has 7 rings (SSSR count). The Balaban J connectivity index is 1.54. The first-order chi connectivity index (χ1) is 15.4. The molecule has 0 fully saturated rings. The molecule has 7 aromatic rings. The lowest BCUT2D eigenvalue weighted by Crippen LogP contribution is -1.85. The molecular formula is C29H17NO. The van der Waals surface area contributed by atoms with Crippen LogP contribution in [0.25, 0.3) is 65.4 Å². The van der Waals surface area contributed by atoms with Gasteiger partial charge in [-0.15, -0.1) is 0 Å². The maximum Gasteiger partial charge on any atom is 0.135 e. The van der Waals surface area contributed by atoms with Crippen LogP contribution in [0.1, 0.15) is 0 Å². The standard InChI is InChI=1S/C29H17NO/c1-2-6-21-20(5-1)25-15-18(9-11-22(25)23-13-14-30-17-27(21)23)19-10-12-29-26(16-19)24-7-3-4-8-28(24)31-29/h1-17H. The van der Waals surface area contributed by atoms with E-state index < -0.39 is 0 Å². The van der Waals surface area contributed by atoms with E-state index in [1.807, 2.05) is 24.5 Å². The highest BCUT2D eigenvalue weighted by molar-refractivity contribution is 6.25. The van der Waals surface area contributed by atoms with Crippen molar-refractivity contribution >= 4 is 54.3 Å². The molecule has 2 heteroatoms. The monoisotopic (exact) mass is 395 g/mol. The lowest BCUT2D eigenvalue weighted by Gasteiger charge is -2.11. The van der Waals surface area contributed by atoms with Gasteiger partial charge in [0.15, 0.2) is 0 Å². The van der Waals surface area contributed by atoms with Crippen LogP contribution in [-0.2, 0) is 0 Å². The van der Waals surface area contributed by atoms with E-state index in [0.717, 1.165) is 21.9 Å². The van der Waals surface area contributed by atoms with Gasteiger partial charge in [-0.3, -0.25) is 4.98 Å². The van der Waals surface area contributed by atoms with Gasteiger partial charge in [-0.2, -0.15) is 0 Å². The van der Waals surface area contributed by atoms with Crippen LogP contribution in [0.4, 0.5) is 0 Å². The molecule has 2 nitrogen and oxygen atoms in total. The number of fused-ring (bicyclic) bond motifs is 9. The number of hydrogen-bond donors (Lipinski definition) is 0. The third kappa shape index (κ3) is 2.36. The lowest BCUT2D eigenvalue weighted by atomic mass is 9.92. The van der Waals surface area contributed by atoms with E-state index >= 15 is 0 Å². The van der Waals surface area contributed by atoms with Crippen molar-refractivity contribution in [3.63, 3.8) is 0 Å². The number of benzene rings is 5. The predicted octanol–water partition coefficient (Wildman–Crippen LogP) is 8.11. The van der Waals surface area contributed by atoms with Gasteiger partial charge in [-0.1, -0.05) is 60.7 Å². The third-order valence-electron chi connectivity index (χ3n) is 6.35. The van der Waals surface area contributed by atoms with E-state index in [2.05, 4.69) is 83.8 Å². The molecule has 0 atom stereocenters. The van der Waals surface area contributed by atoms with Crippen molar-refractivity contribution in [3.8, 4) is 11.1 Å². The van der Waals surface area contributed by atoms with Crippen molar-refractivity contribution < 1.29 is 4.42 Å². The maximum absolute atomic E-state index is 6.01. The van der Waals surface area contributed by atoms with Crippen molar-refractivity contribution in [1.29, 1.82) is 0 Å². The molecule has 0 aliphatic heterocycles. The third-order valence-corrected chi connectivity index (χ3v) is 6.35. The normalized spacial score (nSPS) is 11.9. The summed E-state index contributed by atoms with van der Waals surface area (Å²) in [7, 11) is 0. The summed E-state index contributed by atoms with van der Waals surface area (Å²) in [5.74, 6) is 0. The second-order valence-corrected chi connectivity index (χ2v) is 8.04. The van der Waals surface area contributed by atoms with Crippen LogP contribution >= 0.6 is 0 Å². The van der Waals surface area contributed by atoms with Gasteiger partial charge >= 0.3 is 0 Å². The van der Waals surface area contributed by atoms with Gasteiger partial charge < -0.3 is 4.42 Å². The van der Waals surface area contributed by atoms with Crippen molar-refractivity contribution in [1.82, 2.24) is 4.98 Å². The summed E-state index contributed by atoms with van der Waals surface area (Å²) >= 11 is 0. The molecule has 0 N–H and O–H groups in total. The van der Waals surface area contributed by atoms with Crippen molar-refractivity contribution in [2.24, 2.45) is 0 Å². The van der Waals surface area contributed by atoms with Crippen molar-refractivity contribution in [3.05, 3.63) is 103 Å². The minimum Gasteiger partial charge on any atom is -0.456 e. The SMILES string of the molecule is c1ccc2c(c1)oc1ccc(-c3ccc4c5ccncc5c5ccccc5c4c3)cc12. The number of furan rings is 1. The highest BCUT2D eigenvalue weighted by Crippen LogP contribution is 2.38. The molecule has 31 heavy (non-hydrogen) atoms. The van der Waals surface area contributed by atoms with Crippen molar-refractivity contribution in [2.45, 2.75) is 0 Å². The minimum atomic E-state index is 0.926. The van der Waals surface area contributed by atoms with E-state index in [4.69, 9.17) is 4.42 Å². The molecular weight excluding hydrogens is 378 g/mol. The number of aromatic nitrogens is 1. The predicted molar refractivity (Wildman–Crippen MR) is 129 cm³/mol. The Morgan fingerprint density at radius 3 is 1.94 bits per heavy atom. The van der Waals surface area contributed by atoms with E-state index in [1.54, 1.807) is 0 Å². The van der Waals surface area contributed by atoms with Gasteiger partial charge in [-0.05, 0) is 68.4 Å². The van der Waals surface area contributed by atoms with E-state index in [9.17, 15) is 0 Å². The molecule has 2 heterocycles. The van der Waals surface area contributed by atoms with Gasteiger partial charge in [0, 0.05) is 28.6 Å². The Bertz CT molecular complexity index is 1760. The number of rotatable bonds is 1. The van der Waals surface area contributed by atoms with Gasteiger partial charge in [-0.25, -0.2) is 0 Å². The highest BCUT2D eigenvalue weighted by Gasteiger charge is 2.11. The first kappa shape index (κ1) is 16.6. The molecule has 0 saturated heterocycles. The summed E-state index contributed by atoms with van der Waals surface area (Å²) in [6, 6.07) is 32.2. The average molecular weight is 395 g/mol. The molecule has 0 spiro atoms. The fourth-order valence-corrected chi connectivity index (χ4v) is 4.88. The molecule has 0 bridgehead atoms. The Labute approximate surface area is 178 Å². The number of para-hydroxylation sites is 1. The topological polar surface area (TPSA) is 26.0 Å². The zero-order valence-corrected chi connectivity index (χ0v) is 16.7. The fourth-order valence-electron chi connectivity index (χ4n) is 4.88. The van der Waals surface area contributed by atoms with Crippen LogP contribution in [0, 0.1) is 0 Å². The summed E-state index contributed by atoms with van der Waals surface area (Å²) in [4.78, 5) is 4.37. The molecule has 144 valence electrons. The summed E-state index contributed by atoms with van der Waals surface area (Å²) in [5, 5.41) is 9.78. The first-order valence-electron chi connectivity index (χ1n) is 10.5. The van der Waals surface area contributed by atoms with E-state index in [0.29, 0.717) is 0 Å². The zero-order chi connectivity index (χ0) is 20.4. The quantitative estimate of drug-likeness (QED) is 0.262. The maximum atomic E-state index is 6.01. The second-order valence-electron chi connectivity index (χ2n) is 8.04. The van der Waals surface area contributed by atoms with E-state index in [-0.39, 0.29) is 0 Å². The molecule has 0 unspecified atom stereocenters. The summed E-state index contributed by atoms with van der Waals surface area (Å²) in [5.41, 5.74) is 4.26. The molecule has 2 aromatic heterocycles. The number of hydrogen-bond acceptors (Lipinski definition) is 2. The minimum absolute atomic E-state index is 0.926. The molecule has 0 amide bonds. The molecule has 0 aliphatic rings. The van der Waals surface area contributed by atoms with Gasteiger partial charge in [0.1, 0.15) is 11.2 Å². The van der Waals surface area contributed by atoms with Crippen LogP contribution in [0.5, 0.6) is 0 Å². The van der Waals surface area contributed by atoms with Crippen molar-refractivity contribution in [2.75, 3.05) is 0 Å². The second kappa shape index (κ2) is 6.16. The average Bonchev–Trinajstić information content (AvgIpc) is 3.22. The largest absolute Gasteiger partial charge is 0.456 e. The number of nitrogens with zero attached hydrogens (tertiary/aromatic N) is 1. The van der Waals surface area contributed by atoms with Crippen LogP contribution in [0.3, 0.4) is 0 Å². The summed E-state index contributed by atoms with van der Waals surface area (Å²) in [6.07, 6.45) is 3.85. The van der Waals surface area contributed by atoms with Gasteiger partial charge in [0.2, 0.25) is 0 Å². The molecule has 0 saturated carbocycles. The van der Waals surface area contributed by atoms with Crippen LogP contribution < -0.4 is 0 Å². The highest BCUT2D eigenvalue weighted by atomic mass is 16.3. The van der Waals surface area contributed by atoms with Gasteiger partial charge in [0.25, 0.3) is 0 Å². The van der Waals surface area contributed by atoms with E-state index in [1.165, 1.54) is 43.4 Å². The summed E-state index contributed by atoms with van der Waals surface area (Å²) in [6.45, 7) is 0. The molecule has 0 aliphatic carbocycles. The molecule has 0 radical (unpaired) electrons. The lowest BCUT2D eigenvalue weighted by molar-refractivity contribution is 0.669. The summed E-state index contributed by atoms with van der Waals surface area (Å²) < 4.78 is 6.01. The zero-order valence-electron chi connectivity index (χ0n) is 16.7. The fraction of sp³-hybridized carbons (Fsp3) is 0. The Kier molecular flexibility index (Phi) is 3.30. The smallest absolute Gasteiger partial charge is 0.135 e. The molecule has 5 aromatic carbocycles. The van der Waals surface area contributed by atoms with Gasteiger partial charge in [0.05, 0.1) is 0 Å². The van der Waals surface area contributed by atoms with Crippen LogP contribution in [0.15, 0.2) is 108 Å². The van der Waals surface area contributed by atoms with Crippen LogP contribution in [0.2, 0.25) is 0 Å². The van der Waals surface area contributed by atoms with Crippen LogP contribution in [-0.4, -0.2) is 4.98 Å². The Hall–Kier alpha value is -4.17. The number of pyridine rings is 1.